The van der Waals surface area contributed by atoms with Crippen LogP contribution >= 0.6 is 11.3 Å². The molecule has 7 nitrogen and oxygen atoms in total. The van der Waals surface area contributed by atoms with E-state index in [4.69, 9.17) is 10.5 Å². The number of fused-ring (bicyclic) bond motifs is 1. The highest BCUT2D eigenvalue weighted by molar-refractivity contribution is 7.20. The van der Waals surface area contributed by atoms with Crippen LogP contribution < -0.4 is 11.3 Å². The summed E-state index contributed by atoms with van der Waals surface area (Å²) in [5, 5.41) is 0.289. The second-order valence-electron chi connectivity index (χ2n) is 7.32. The lowest BCUT2D eigenvalue weighted by Gasteiger charge is -2.27. The molecule has 0 unspecified atom stereocenters. The molecule has 0 saturated carbocycles. The molecule has 1 aromatic carbocycles. The number of benzene rings is 1. The highest BCUT2D eigenvalue weighted by Crippen LogP contribution is 2.32. The minimum atomic E-state index is -1.31. The monoisotopic (exact) mass is 413 g/mol. The summed E-state index contributed by atoms with van der Waals surface area (Å²) in [4.78, 5) is 43.4. The summed E-state index contributed by atoms with van der Waals surface area (Å²) >= 11 is 1.08. The van der Waals surface area contributed by atoms with E-state index < -0.39 is 23.0 Å². The molecule has 0 radical (unpaired) electrons. The summed E-state index contributed by atoms with van der Waals surface area (Å²) < 4.78 is 6.56. The van der Waals surface area contributed by atoms with Crippen molar-refractivity contribution in [2.24, 2.45) is 5.73 Å². The van der Waals surface area contributed by atoms with Crippen LogP contribution in [0.5, 0.6) is 0 Å². The summed E-state index contributed by atoms with van der Waals surface area (Å²) in [7, 11) is 0. The van der Waals surface area contributed by atoms with Crippen LogP contribution in [0.4, 0.5) is 0 Å². The number of carbonyl (C=O) groups is 2. The summed E-state index contributed by atoms with van der Waals surface area (Å²) in [6.07, 6.45) is 0. The van der Waals surface area contributed by atoms with Gasteiger partial charge in [-0.2, -0.15) is 0 Å². The average Bonchev–Trinajstić information content (AvgIpc) is 2.99. The first kappa shape index (κ1) is 20.7. The van der Waals surface area contributed by atoms with Crippen LogP contribution in [0.3, 0.4) is 0 Å². The second-order valence-corrected chi connectivity index (χ2v) is 8.32. The number of primary amides is 1. The first-order chi connectivity index (χ1) is 13.6. The van der Waals surface area contributed by atoms with Gasteiger partial charge < -0.3 is 10.5 Å². The Morgan fingerprint density at radius 3 is 2.38 bits per heavy atom. The van der Waals surface area contributed by atoms with Gasteiger partial charge in [-0.1, -0.05) is 29.8 Å². The fraction of sp³-hybridized carbons (Fsp3) is 0.333. The average molecular weight is 413 g/mol. The van der Waals surface area contributed by atoms with Crippen molar-refractivity contribution in [2.75, 3.05) is 6.61 Å². The quantitative estimate of drug-likeness (QED) is 0.647. The van der Waals surface area contributed by atoms with Gasteiger partial charge in [0.05, 0.1) is 16.9 Å². The molecule has 0 atom stereocenters. The van der Waals surface area contributed by atoms with Gasteiger partial charge >= 0.3 is 5.97 Å². The highest BCUT2D eigenvalue weighted by Gasteiger charge is 2.36. The Morgan fingerprint density at radius 1 is 1.21 bits per heavy atom. The zero-order chi connectivity index (χ0) is 21.5. The Labute approximate surface area is 172 Å². The Bertz CT molecular complexity index is 1170. The Balaban J connectivity index is 2.44. The predicted octanol–water partition coefficient (Wildman–Crippen LogP) is 3.14. The lowest BCUT2D eigenvalue weighted by molar-refractivity contribution is -0.152. The van der Waals surface area contributed by atoms with Gasteiger partial charge in [0.2, 0.25) is 0 Å². The van der Waals surface area contributed by atoms with Gasteiger partial charge in [-0.25, -0.2) is 9.78 Å². The Morgan fingerprint density at radius 2 is 1.83 bits per heavy atom. The molecule has 0 bridgehead atoms. The minimum absolute atomic E-state index is 0.190. The van der Waals surface area contributed by atoms with Crippen molar-refractivity contribution in [3.8, 4) is 11.4 Å². The molecule has 0 saturated heterocycles. The van der Waals surface area contributed by atoms with E-state index in [1.54, 1.807) is 27.7 Å². The molecular weight excluding hydrogens is 390 g/mol. The molecule has 3 rings (SSSR count). The van der Waals surface area contributed by atoms with Crippen LogP contribution in [0.1, 0.15) is 41.6 Å². The maximum atomic E-state index is 13.6. The van der Waals surface area contributed by atoms with E-state index in [0.29, 0.717) is 21.8 Å². The largest absolute Gasteiger partial charge is 0.464 e. The molecule has 2 aromatic heterocycles. The number of nitrogens with two attached hydrogens (primary N) is 1. The van der Waals surface area contributed by atoms with Gasteiger partial charge in [0, 0.05) is 5.56 Å². The number of hydrogen-bond donors (Lipinski definition) is 1. The van der Waals surface area contributed by atoms with Crippen molar-refractivity contribution in [3.05, 3.63) is 50.6 Å². The molecule has 1 amide bonds. The maximum absolute atomic E-state index is 13.6. The molecule has 0 fully saturated rings. The SMILES string of the molecule is CCOC(=O)C(C)(C)n1c(-c2ccc(C)cc2)nc2sc(C(N)=O)c(C)c2c1=O. The number of thiophene rings is 1. The lowest BCUT2D eigenvalue weighted by atomic mass is 10.0. The molecule has 2 N–H and O–H groups in total. The molecule has 0 spiro atoms. The number of carbonyl (C=O) groups excluding carboxylic acids is 2. The van der Waals surface area contributed by atoms with Gasteiger partial charge in [-0.15, -0.1) is 11.3 Å². The molecule has 0 aliphatic carbocycles. The van der Waals surface area contributed by atoms with E-state index in [0.717, 1.165) is 16.9 Å². The predicted molar refractivity (Wildman–Crippen MR) is 113 cm³/mol. The fourth-order valence-corrected chi connectivity index (χ4v) is 4.26. The van der Waals surface area contributed by atoms with Crippen molar-refractivity contribution in [1.82, 2.24) is 9.55 Å². The van der Waals surface area contributed by atoms with Crippen molar-refractivity contribution >= 4 is 33.4 Å². The summed E-state index contributed by atoms with van der Waals surface area (Å²) in [6, 6.07) is 7.50. The van der Waals surface area contributed by atoms with Crippen LogP contribution in [0.15, 0.2) is 29.1 Å². The number of esters is 1. The molecule has 0 aliphatic heterocycles. The first-order valence-electron chi connectivity index (χ1n) is 9.20. The summed E-state index contributed by atoms with van der Waals surface area (Å²) in [5.41, 5.74) is 5.95. The molecule has 2 heterocycles. The van der Waals surface area contributed by atoms with E-state index in [-0.39, 0.29) is 16.9 Å². The van der Waals surface area contributed by atoms with E-state index in [2.05, 4.69) is 4.98 Å². The van der Waals surface area contributed by atoms with Gasteiger partial charge in [-0.3, -0.25) is 14.2 Å². The number of nitrogens with zero attached hydrogens (tertiary/aromatic N) is 2. The van der Waals surface area contributed by atoms with Crippen LogP contribution in [0.2, 0.25) is 0 Å². The number of rotatable bonds is 5. The molecule has 8 heteroatoms. The third-order valence-electron chi connectivity index (χ3n) is 4.83. The van der Waals surface area contributed by atoms with E-state index >= 15 is 0 Å². The zero-order valence-electron chi connectivity index (χ0n) is 17.0. The van der Waals surface area contributed by atoms with Crippen molar-refractivity contribution in [2.45, 2.75) is 40.2 Å². The van der Waals surface area contributed by atoms with E-state index in [9.17, 15) is 14.4 Å². The van der Waals surface area contributed by atoms with Crippen molar-refractivity contribution in [3.63, 3.8) is 0 Å². The van der Waals surface area contributed by atoms with Gasteiger partial charge in [0.15, 0.2) is 0 Å². The lowest BCUT2D eigenvalue weighted by Crippen LogP contribution is -2.45. The molecule has 0 aliphatic rings. The molecule has 152 valence electrons. The van der Waals surface area contributed by atoms with Crippen molar-refractivity contribution < 1.29 is 14.3 Å². The van der Waals surface area contributed by atoms with E-state index in [1.807, 2.05) is 31.2 Å². The third-order valence-corrected chi connectivity index (χ3v) is 6.03. The number of aryl methyl sites for hydroxylation is 2. The molecular formula is C21H23N3O4S. The second kappa shape index (κ2) is 7.44. The number of hydrogen-bond acceptors (Lipinski definition) is 6. The van der Waals surface area contributed by atoms with Crippen LogP contribution in [-0.2, 0) is 15.1 Å². The normalized spacial score (nSPS) is 11.6. The smallest absolute Gasteiger partial charge is 0.331 e. The summed E-state index contributed by atoms with van der Waals surface area (Å²) in [5.74, 6) is -0.824. The van der Waals surface area contributed by atoms with Gasteiger partial charge in [0.25, 0.3) is 11.5 Å². The van der Waals surface area contributed by atoms with Gasteiger partial charge in [0.1, 0.15) is 16.2 Å². The fourth-order valence-electron chi connectivity index (χ4n) is 3.23. The number of aromatic nitrogens is 2. The zero-order valence-corrected chi connectivity index (χ0v) is 17.8. The van der Waals surface area contributed by atoms with Crippen molar-refractivity contribution in [1.29, 1.82) is 0 Å². The van der Waals surface area contributed by atoms with Crippen LogP contribution in [0, 0.1) is 13.8 Å². The van der Waals surface area contributed by atoms with E-state index in [1.165, 1.54) is 4.57 Å². The standard InChI is InChI=1S/C21H23N3O4S/c1-6-28-20(27)21(4,5)24-17(13-9-7-11(2)8-10-13)23-18-14(19(24)26)12(3)15(29-18)16(22)25/h7-10H,6H2,1-5H3,(H2,22,25). The topological polar surface area (TPSA) is 104 Å². The maximum Gasteiger partial charge on any atom is 0.331 e. The number of amides is 1. The first-order valence-corrected chi connectivity index (χ1v) is 10.0. The third kappa shape index (κ3) is 3.44. The summed E-state index contributed by atoms with van der Waals surface area (Å²) in [6.45, 7) is 8.76. The highest BCUT2D eigenvalue weighted by atomic mass is 32.1. The Kier molecular flexibility index (Phi) is 5.32. The molecule has 29 heavy (non-hydrogen) atoms. The Hall–Kier alpha value is -3.00. The number of ether oxygens (including phenoxy) is 1. The van der Waals surface area contributed by atoms with Gasteiger partial charge in [-0.05, 0) is 40.2 Å². The minimum Gasteiger partial charge on any atom is -0.464 e. The molecule has 3 aromatic rings. The van der Waals surface area contributed by atoms with Crippen LogP contribution in [-0.4, -0.2) is 28.0 Å². The van der Waals surface area contributed by atoms with Crippen LogP contribution in [0.25, 0.3) is 21.6 Å².